The van der Waals surface area contributed by atoms with Crippen LogP contribution in [0.15, 0.2) is 12.1 Å². The van der Waals surface area contributed by atoms with Crippen molar-refractivity contribution in [3.63, 3.8) is 0 Å². The predicted molar refractivity (Wildman–Crippen MR) is 106 cm³/mol. The molecule has 0 amide bonds. The van der Waals surface area contributed by atoms with Gasteiger partial charge in [0.05, 0.1) is 25.7 Å². The number of aryl methyl sites for hydroxylation is 3. The van der Waals surface area contributed by atoms with Gasteiger partial charge in [0.15, 0.2) is 5.79 Å². The van der Waals surface area contributed by atoms with Crippen LogP contribution in [0.3, 0.4) is 0 Å². The Bertz CT molecular complexity index is 708. The van der Waals surface area contributed by atoms with E-state index in [9.17, 15) is 9.59 Å². The molecule has 0 unspecified atom stereocenters. The van der Waals surface area contributed by atoms with Crippen LogP contribution in [0.4, 0.5) is 0 Å². The Morgan fingerprint density at radius 1 is 1.04 bits per heavy atom. The number of hydrogen-bond donors (Lipinski definition) is 0. The minimum atomic E-state index is -0.799. The molecule has 0 bridgehead atoms. The largest absolute Gasteiger partial charge is 0.466 e. The van der Waals surface area contributed by atoms with E-state index in [2.05, 4.69) is 32.9 Å². The van der Waals surface area contributed by atoms with Gasteiger partial charge in [-0.15, -0.1) is 0 Å². The maximum Gasteiger partial charge on any atom is 0.309 e. The molecule has 0 radical (unpaired) electrons. The van der Waals surface area contributed by atoms with Crippen molar-refractivity contribution in [3.05, 3.63) is 34.4 Å². The van der Waals surface area contributed by atoms with E-state index < -0.39 is 17.6 Å². The van der Waals surface area contributed by atoms with Gasteiger partial charge >= 0.3 is 5.97 Å². The minimum Gasteiger partial charge on any atom is -0.466 e. The molecule has 0 aromatic heterocycles. The summed E-state index contributed by atoms with van der Waals surface area (Å²) in [6.45, 7) is 9.44. The van der Waals surface area contributed by atoms with Crippen molar-refractivity contribution >= 4 is 11.8 Å². The third-order valence-electron chi connectivity index (χ3n) is 6.06. The number of ether oxygens (including phenoxy) is 3. The van der Waals surface area contributed by atoms with E-state index in [0.717, 1.165) is 18.4 Å². The highest BCUT2D eigenvalue weighted by atomic mass is 16.7. The highest BCUT2D eigenvalue weighted by molar-refractivity contribution is 5.89. The van der Waals surface area contributed by atoms with Crippen LogP contribution < -0.4 is 0 Å². The summed E-state index contributed by atoms with van der Waals surface area (Å²) in [6, 6.07) is 4.34. The number of ketones is 1. The quantitative estimate of drug-likeness (QED) is 0.669. The second-order valence-corrected chi connectivity index (χ2v) is 7.89. The lowest BCUT2D eigenvalue weighted by Crippen LogP contribution is -2.28. The minimum absolute atomic E-state index is 0.0854. The Kier molecular flexibility index (Phi) is 6.56. The van der Waals surface area contributed by atoms with Gasteiger partial charge in [-0.05, 0) is 43.4 Å². The van der Waals surface area contributed by atoms with Crippen molar-refractivity contribution in [1.82, 2.24) is 0 Å². The van der Waals surface area contributed by atoms with Crippen molar-refractivity contribution in [2.45, 2.75) is 65.6 Å². The van der Waals surface area contributed by atoms with Gasteiger partial charge in [-0.3, -0.25) is 9.59 Å². The highest BCUT2D eigenvalue weighted by Gasteiger charge is 2.54. The molecule has 5 nitrogen and oxygen atoms in total. The first-order chi connectivity index (χ1) is 13.4. The molecule has 1 heterocycles. The van der Waals surface area contributed by atoms with E-state index in [4.69, 9.17) is 14.2 Å². The molecule has 2 aliphatic rings. The van der Waals surface area contributed by atoms with E-state index in [-0.39, 0.29) is 11.8 Å². The standard InChI is InChI=1S/C23H32O5/c1-5-16-10-15(4)11-17(6-2)18(16)12-21(24)19-13-23(27-8-9-28-23)14-20(19)22(25)26-7-3/h10-11,19-20H,5-9,12-14H2,1-4H3/t19-,20-/m1/s1. The van der Waals surface area contributed by atoms with Crippen LogP contribution >= 0.6 is 0 Å². The van der Waals surface area contributed by atoms with Crippen LogP contribution in [0.2, 0.25) is 0 Å². The lowest BCUT2D eigenvalue weighted by atomic mass is 9.85. The molecule has 1 aliphatic heterocycles. The molecule has 2 atom stereocenters. The van der Waals surface area contributed by atoms with Gasteiger partial charge in [-0.1, -0.05) is 31.5 Å². The Labute approximate surface area is 167 Å². The molecule has 1 aromatic rings. The molecule has 1 saturated heterocycles. The zero-order valence-corrected chi connectivity index (χ0v) is 17.5. The monoisotopic (exact) mass is 388 g/mol. The third-order valence-corrected chi connectivity index (χ3v) is 6.06. The third kappa shape index (κ3) is 4.15. The van der Waals surface area contributed by atoms with Gasteiger partial charge in [0, 0.05) is 25.2 Å². The number of carbonyl (C=O) groups is 2. The van der Waals surface area contributed by atoms with Crippen molar-refractivity contribution in [3.8, 4) is 0 Å². The Morgan fingerprint density at radius 2 is 1.61 bits per heavy atom. The smallest absolute Gasteiger partial charge is 0.309 e. The van der Waals surface area contributed by atoms with Gasteiger partial charge in [0.2, 0.25) is 0 Å². The summed E-state index contributed by atoms with van der Waals surface area (Å²) in [6.07, 6.45) is 2.96. The Morgan fingerprint density at radius 3 is 2.14 bits per heavy atom. The molecule has 154 valence electrons. The first kappa shape index (κ1) is 21.0. The lowest BCUT2D eigenvalue weighted by Gasteiger charge is -2.21. The van der Waals surface area contributed by atoms with E-state index in [0.29, 0.717) is 39.1 Å². The maximum atomic E-state index is 13.4. The fraction of sp³-hybridized carbons (Fsp3) is 0.652. The molecule has 5 heteroatoms. The van der Waals surface area contributed by atoms with E-state index in [1.807, 2.05) is 0 Å². The number of rotatable bonds is 7. The number of hydrogen-bond acceptors (Lipinski definition) is 5. The van der Waals surface area contributed by atoms with Gasteiger partial charge < -0.3 is 14.2 Å². The first-order valence-corrected chi connectivity index (χ1v) is 10.5. The lowest BCUT2D eigenvalue weighted by molar-refractivity contribution is -0.162. The summed E-state index contributed by atoms with van der Waals surface area (Å²) in [7, 11) is 0. The maximum absolute atomic E-state index is 13.4. The normalized spacial score (nSPS) is 23.3. The molecular formula is C23H32O5. The zero-order chi connectivity index (χ0) is 20.3. The number of carbonyl (C=O) groups excluding carboxylic acids is 2. The first-order valence-electron chi connectivity index (χ1n) is 10.5. The van der Waals surface area contributed by atoms with Crippen LogP contribution in [0.1, 0.15) is 55.9 Å². The van der Waals surface area contributed by atoms with Crippen LogP contribution in [0.5, 0.6) is 0 Å². The Balaban J connectivity index is 1.86. The molecule has 3 rings (SSSR count). The molecule has 0 N–H and O–H groups in total. The van der Waals surface area contributed by atoms with Gasteiger partial charge in [-0.25, -0.2) is 0 Å². The fourth-order valence-electron chi connectivity index (χ4n) is 4.74. The van der Waals surface area contributed by atoms with Crippen molar-refractivity contribution < 1.29 is 23.8 Å². The van der Waals surface area contributed by atoms with Crippen LogP contribution in [0.25, 0.3) is 0 Å². The van der Waals surface area contributed by atoms with Gasteiger partial charge in [0.25, 0.3) is 0 Å². The van der Waals surface area contributed by atoms with Gasteiger partial charge in [0.1, 0.15) is 5.78 Å². The van der Waals surface area contributed by atoms with Crippen LogP contribution in [-0.4, -0.2) is 37.4 Å². The topological polar surface area (TPSA) is 61.8 Å². The van der Waals surface area contributed by atoms with E-state index >= 15 is 0 Å². The number of Topliss-reactive ketones (excluding diaryl/α,β-unsaturated/α-hetero) is 1. The summed E-state index contributed by atoms with van der Waals surface area (Å²) in [5.74, 6) is -1.94. The highest BCUT2D eigenvalue weighted by Crippen LogP contribution is 2.46. The fourth-order valence-corrected chi connectivity index (χ4v) is 4.74. The van der Waals surface area contributed by atoms with Crippen LogP contribution in [0, 0.1) is 18.8 Å². The summed E-state index contributed by atoms with van der Waals surface area (Å²) < 4.78 is 16.9. The number of benzene rings is 1. The van der Waals surface area contributed by atoms with Crippen molar-refractivity contribution in [1.29, 1.82) is 0 Å². The molecule has 1 aromatic carbocycles. The molecule has 28 heavy (non-hydrogen) atoms. The summed E-state index contributed by atoms with van der Waals surface area (Å²) in [5.41, 5.74) is 4.79. The van der Waals surface area contributed by atoms with Crippen molar-refractivity contribution in [2.75, 3.05) is 19.8 Å². The second-order valence-electron chi connectivity index (χ2n) is 7.89. The zero-order valence-electron chi connectivity index (χ0n) is 17.5. The second kappa shape index (κ2) is 8.75. The molecule has 1 saturated carbocycles. The summed E-state index contributed by atoms with van der Waals surface area (Å²) in [5, 5.41) is 0. The summed E-state index contributed by atoms with van der Waals surface area (Å²) >= 11 is 0. The van der Waals surface area contributed by atoms with E-state index in [1.54, 1.807) is 6.92 Å². The molecular weight excluding hydrogens is 356 g/mol. The molecule has 1 aliphatic carbocycles. The van der Waals surface area contributed by atoms with Crippen molar-refractivity contribution in [2.24, 2.45) is 11.8 Å². The van der Waals surface area contributed by atoms with Crippen LogP contribution in [-0.2, 0) is 43.1 Å². The average molecular weight is 389 g/mol. The average Bonchev–Trinajstić information content (AvgIpc) is 3.30. The predicted octanol–water partition coefficient (Wildman–Crippen LogP) is 3.56. The van der Waals surface area contributed by atoms with E-state index in [1.165, 1.54) is 16.7 Å². The van der Waals surface area contributed by atoms with Gasteiger partial charge in [-0.2, -0.15) is 0 Å². The summed E-state index contributed by atoms with van der Waals surface area (Å²) in [4.78, 5) is 25.9. The number of esters is 1. The molecule has 2 fully saturated rings. The molecule has 1 spiro atoms. The Hall–Kier alpha value is -1.72. The SMILES string of the molecule is CCOC(=O)[C@@H]1CC2(C[C@H]1C(=O)Cc1c(CC)cc(C)cc1CC)OCCO2.